The van der Waals surface area contributed by atoms with Gasteiger partial charge in [0.25, 0.3) is 0 Å². The highest BCUT2D eigenvalue weighted by Gasteiger charge is 2.10. The number of aliphatic hydroxyl groups is 1. The molecular weight excluding hydrogens is 222 g/mol. The Morgan fingerprint density at radius 3 is 2.47 bits per heavy atom. The first kappa shape index (κ1) is 14.1. The molecule has 0 spiro atoms. The molecule has 0 amide bonds. The molecule has 96 valence electrons. The Morgan fingerprint density at radius 1 is 1.18 bits per heavy atom. The minimum atomic E-state index is -0.583. The quantitative estimate of drug-likeness (QED) is 0.806. The van der Waals surface area contributed by atoms with Crippen LogP contribution in [0, 0.1) is 17.6 Å². The molecule has 0 fully saturated rings. The van der Waals surface area contributed by atoms with Gasteiger partial charge in [0.05, 0.1) is 6.10 Å². The fraction of sp³-hybridized carbons (Fsp3) is 0.571. The molecule has 1 N–H and O–H groups in total. The molecule has 1 aromatic carbocycles. The first-order chi connectivity index (χ1) is 7.99. The SMILES string of the molecule is CC(C)CCCC(O)Cc1ccc(F)cc1F. The Bertz CT molecular complexity index is 350. The van der Waals surface area contributed by atoms with Gasteiger partial charge in [-0.3, -0.25) is 0 Å². The van der Waals surface area contributed by atoms with E-state index in [1.165, 1.54) is 12.1 Å². The van der Waals surface area contributed by atoms with Gasteiger partial charge in [-0.05, 0) is 24.0 Å². The van der Waals surface area contributed by atoms with E-state index in [1.54, 1.807) is 0 Å². The molecule has 0 heterocycles. The Kier molecular flexibility index (Phi) is 5.56. The van der Waals surface area contributed by atoms with Crippen molar-refractivity contribution in [2.45, 2.75) is 45.6 Å². The third-order valence-corrected chi connectivity index (χ3v) is 2.79. The van der Waals surface area contributed by atoms with Gasteiger partial charge in [0, 0.05) is 12.5 Å². The first-order valence-electron chi connectivity index (χ1n) is 6.11. The first-order valence-corrected chi connectivity index (χ1v) is 6.11. The zero-order valence-electron chi connectivity index (χ0n) is 10.4. The Balaban J connectivity index is 2.42. The summed E-state index contributed by atoms with van der Waals surface area (Å²) in [6.45, 7) is 4.26. The molecule has 0 radical (unpaired) electrons. The molecule has 0 aromatic heterocycles. The van der Waals surface area contributed by atoms with Gasteiger partial charge in [-0.1, -0.05) is 32.8 Å². The second-order valence-corrected chi connectivity index (χ2v) is 4.92. The number of hydrogen-bond donors (Lipinski definition) is 1. The van der Waals surface area contributed by atoms with Gasteiger partial charge < -0.3 is 5.11 Å². The van der Waals surface area contributed by atoms with Gasteiger partial charge in [0.1, 0.15) is 11.6 Å². The summed E-state index contributed by atoms with van der Waals surface area (Å²) in [5, 5.41) is 9.75. The highest BCUT2D eigenvalue weighted by molar-refractivity contribution is 5.19. The molecule has 1 atom stereocenters. The maximum Gasteiger partial charge on any atom is 0.129 e. The van der Waals surface area contributed by atoms with E-state index in [0.717, 1.165) is 18.9 Å². The van der Waals surface area contributed by atoms with Crippen molar-refractivity contribution in [1.29, 1.82) is 0 Å². The van der Waals surface area contributed by atoms with Crippen LogP contribution in [0.5, 0.6) is 0 Å². The van der Waals surface area contributed by atoms with Crippen LogP contribution in [-0.2, 0) is 6.42 Å². The lowest BCUT2D eigenvalue weighted by molar-refractivity contribution is 0.158. The number of hydrogen-bond acceptors (Lipinski definition) is 1. The van der Waals surface area contributed by atoms with E-state index >= 15 is 0 Å². The standard InChI is InChI=1S/C14H20F2O/c1-10(2)4-3-5-13(17)8-11-6-7-12(15)9-14(11)16/h6-7,9-10,13,17H,3-5,8H2,1-2H3. The van der Waals surface area contributed by atoms with Crippen LogP contribution < -0.4 is 0 Å². The molecular formula is C14H20F2O. The summed E-state index contributed by atoms with van der Waals surface area (Å²) in [5.74, 6) is -0.543. The van der Waals surface area contributed by atoms with Gasteiger partial charge in [0.2, 0.25) is 0 Å². The fourth-order valence-electron chi connectivity index (χ4n) is 1.80. The Hall–Kier alpha value is -0.960. The summed E-state index contributed by atoms with van der Waals surface area (Å²) >= 11 is 0. The van der Waals surface area contributed by atoms with E-state index in [2.05, 4.69) is 13.8 Å². The van der Waals surface area contributed by atoms with Crippen LogP contribution in [0.25, 0.3) is 0 Å². The average Bonchev–Trinajstić information content (AvgIpc) is 2.21. The average molecular weight is 242 g/mol. The topological polar surface area (TPSA) is 20.2 Å². The van der Waals surface area contributed by atoms with Crippen molar-refractivity contribution in [1.82, 2.24) is 0 Å². The summed E-state index contributed by atoms with van der Waals surface area (Å²) in [6.07, 6.45) is 2.36. The lowest BCUT2D eigenvalue weighted by Crippen LogP contribution is -2.12. The van der Waals surface area contributed by atoms with Crippen molar-refractivity contribution in [3.05, 3.63) is 35.4 Å². The minimum absolute atomic E-state index is 0.254. The fourth-order valence-corrected chi connectivity index (χ4v) is 1.80. The third kappa shape index (κ3) is 5.26. The van der Waals surface area contributed by atoms with Gasteiger partial charge in [-0.25, -0.2) is 8.78 Å². The predicted molar refractivity (Wildman–Crippen MR) is 64.8 cm³/mol. The van der Waals surface area contributed by atoms with E-state index in [4.69, 9.17) is 0 Å². The van der Waals surface area contributed by atoms with Gasteiger partial charge >= 0.3 is 0 Å². The Labute approximate surface area is 101 Å². The van der Waals surface area contributed by atoms with Crippen LogP contribution >= 0.6 is 0 Å². The zero-order chi connectivity index (χ0) is 12.8. The number of benzene rings is 1. The molecule has 1 rings (SSSR count). The largest absolute Gasteiger partial charge is 0.393 e. The molecule has 0 aliphatic rings. The predicted octanol–water partition coefficient (Wildman–Crippen LogP) is 3.69. The molecule has 0 bridgehead atoms. The molecule has 0 saturated heterocycles. The summed E-state index contributed by atoms with van der Waals surface area (Å²) < 4.78 is 26.0. The number of halogens is 2. The second kappa shape index (κ2) is 6.70. The van der Waals surface area contributed by atoms with Crippen LogP contribution in [0.3, 0.4) is 0 Å². The van der Waals surface area contributed by atoms with E-state index in [-0.39, 0.29) is 6.42 Å². The number of aliphatic hydroxyl groups excluding tert-OH is 1. The molecule has 3 heteroatoms. The van der Waals surface area contributed by atoms with Crippen LogP contribution in [0.2, 0.25) is 0 Å². The summed E-state index contributed by atoms with van der Waals surface area (Å²) in [5.41, 5.74) is 0.378. The van der Waals surface area contributed by atoms with Gasteiger partial charge in [0.15, 0.2) is 0 Å². The zero-order valence-corrected chi connectivity index (χ0v) is 10.4. The van der Waals surface area contributed by atoms with Crippen molar-refractivity contribution >= 4 is 0 Å². The molecule has 1 unspecified atom stereocenters. The molecule has 17 heavy (non-hydrogen) atoms. The molecule has 0 saturated carbocycles. The van der Waals surface area contributed by atoms with Crippen molar-refractivity contribution in [2.75, 3.05) is 0 Å². The van der Waals surface area contributed by atoms with Crippen molar-refractivity contribution in [3.63, 3.8) is 0 Å². The summed E-state index contributed by atoms with van der Waals surface area (Å²) in [6, 6.07) is 3.48. The lowest BCUT2D eigenvalue weighted by Gasteiger charge is -2.12. The van der Waals surface area contributed by atoms with E-state index in [0.29, 0.717) is 17.9 Å². The monoisotopic (exact) mass is 242 g/mol. The van der Waals surface area contributed by atoms with Crippen LogP contribution in [0.1, 0.15) is 38.7 Å². The summed E-state index contributed by atoms with van der Waals surface area (Å²) in [4.78, 5) is 0. The van der Waals surface area contributed by atoms with Gasteiger partial charge in [-0.15, -0.1) is 0 Å². The molecule has 0 aliphatic heterocycles. The minimum Gasteiger partial charge on any atom is -0.393 e. The lowest BCUT2D eigenvalue weighted by atomic mass is 10.00. The number of rotatable bonds is 6. The van der Waals surface area contributed by atoms with Crippen molar-refractivity contribution < 1.29 is 13.9 Å². The Morgan fingerprint density at radius 2 is 1.88 bits per heavy atom. The van der Waals surface area contributed by atoms with Gasteiger partial charge in [-0.2, -0.15) is 0 Å². The highest BCUT2D eigenvalue weighted by Crippen LogP contribution is 2.15. The highest BCUT2D eigenvalue weighted by atomic mass is 19.1. The van der Waals surface area contributed by atoms with Crippen LogP contribution in [0.15, 0.2) is 18.2 Å². The van der Waals surface area contributed by atoms with Crippen LogP contribution in [0.4, 0.5) is 8.78 Å². The maximum absolute atomic E-state index is 13.3. The van der Waals surface area contributed by atoms with E-state index in [1.807, 2.05) is 0 Å². The third-order valence-electron chi connectivity index (χ3n) is 2.79. The molecule has 0 aliphatic carbocycles. The van der Waals surface area contributed by atoms with Crippen molar-refractivity contribution in [3.8, 4) is 0 Å². The maximum atomic E-state index is 13.3. The molecule has 1 nitrogen and oxygen atoms in total. The normalized spacial score (nSPS) is 13.1. The second-order valence-electron chi connectivity index (χ2n) is 4.92. The van der Waals surface area contributed by atoms with E-state index < -0.39 is 17.7 Å². The van der Waals surface area contributed by atoms with Crippen LogP contribution in [-0.4, -0.2) is 11.2 Å². The van der Waals surface area contributed by atoms with E-state index in [9.17, 15) is 13.9 Å². The summed E-state index contributed by atoms with van der Waals surface area (Å²) in [7, 11) is 0. The van der Waals surface area contributed by atoms with Crippen molar-refractivity contribution in [2.24, 2.45) is 5.92 Å². The smallest absolute Gasteiger partial charge is 0.129 e. The molecule has 1 aromatic rings.